The number of carbonyl (C=O) groups excluding carboxylic acids is 2. The number of amides is 3. The number of benzene rings is 1. The smallest absolute Gasteiger partial charge is 0.317 e. The lowest BCUT2D eigenvalue weighted by molar-refractivity contribution is 0.0946. The highest BCUT2D eigenvalue weighted by molar-refractivity contribution is 7.09. The minimum absolute atomic E-state index is 0.0184. The van der Waals surface area contributed by atoms with Crippen LogP contribution in [0.3, 0.4) is 0 Å². The number of likely N-dealkylation sites (tertiary alicyclic amines) is 1. The lowest BCUT2D eigenvalue weighted by Crippen LogP contribution is -2.44. The average Bonchev–Trinajstić information content (AvgIpc) is 3.35. The highest BCUT2D eigenvalue weighted by Crippen LogP contribution is 2.30. The zero-order valence-corrected chi connectivity index (χ0v) is 19.6. The van der Waals surface area contributed by atoms with Gasteiger partial charge in [0, 0.05) is 37.5 Å². The summed E-state index contributed by atoms with van der Waals surface area (Å²) in [6, 6.07) is 6.08. The molecule has 6 nitrogen and oxygen atoms in total. The monoisotopic (exact) mass is 470 g/mol. The number of hydrogen-bond acceptors (Lipinski definition) is 4. The Hall–Kier alpha value is -2.74. The number of carbonyl (C=O) groups is 2. The molecule has 0 saturated carbocycles. The van der Waals surface area contributed by atoms with E-state index < -0.39 is 0 Å². The van der Waals surface area contributed by atoms with E-state index in [0.717, 1.165) is 29.8 Å². The lowest BCUT2D eigenvalue weighted by atomic mass is 9.97. The van der Waals surface area contributed by atoms with E-state index in [1.165, 1.54) is 54.7 Å². The van der Waals surface area contributed by atoms with Gasteiger partial charge in [-0.25, -0.2) is 14.2 Å². The third-order valence-corrected chi connectivity index (χ3v) is 7.37. The zero-order chi connectivity index (χ0) is 23.0. The number of nitrogens with zero attached hydrogens (tertiary/aromatic N) is 2. The van der Waals surface area contributed by atoms with Crippen LogP contribution in [0.15, 0.2) is 41.3 Å². The fraction of sp³-hybridized carbons (Fsp3) is 0.480. The van der Waals surface area contributed by atoms with Gasteiger partial charge in [-0.3, -0.25) is 4.79 Å². The predicted octanol–water partition coefficient (Wildman–Crippen LogP) is 4.99. The van der Waals surface area contributed by atoms with E-state index in [9.17, 15) is 14.0 Å². The minimum atomic E-state index is -0.296. The maximum absolute atomic E-state index is 13.0. The summed E-state index contributed by atoms with van der Waals surface area (Å²) in [5, 5.41) is 8.63. The molecule has 0 spiro atoms. The Labute approximate surface area is 198 Å². The summed E-state index contributed by atoms with van der Waals surface area (Å²) in [7, 11) is 0. The summed E-state index contributed by atoms with van der Waals surface area (Å²) in [6.07, 6.45) is 9.87. The van der Waals surface area contributed by atoms with Crippen LogP contribution in [0, 0.1) is 5.82 Å². The van der Waals surface area contributed by atoms with Crippen molar-refractivity contribution in [1.82, 2.24) is 20.5 Å². The molecule has 2 aromatic rings. The van der Waals surface area contributed by atoms with Crippen molar-refractivity contribution in [2.45, 2.75) is 57.4 Å². The van der Waals surface area contributed by atoms with E-state index >= 15 is 0 Å². The van der Waals surface area contributed by atoms with Crippen LogP contribution < -0.4 is 10.6 Å². The molecule has 1 aromatic heterocycles. The van der Waals surface area contributed by atoms with Crippen molar-refractivity contribution in [3.63, 3.8) is 0 Å². The average molecular weight is 471 g/mol. The van der Waals surface area contributed by atoms with Crippen molar-refractivity contribution in [2.24, 2.45) is 0 Å². The molecule has 33 heavy (non-hydrogen) atoms. The number of piperidine rings is 1. The molecule has 8 heteroatoms. The molecule has 4 rings (SSSR count). The Balaban J connectivity index is 1.19. The second-order valence-electron chi connectivity index (χ2n) is 8.73. The van der Waals surface area contributed by atoms with E-state index in [4.69, 9.17) is 0 Å². The molecule has 1 aromatic carbocycles. The summed E-state index contributed by atoms with van der Waals surface area (Å²) >= 11 is 1.50. The molecular formula is C25H31FN4O2S. The molecule has 1 fully saturated rings. The van der Waals surface area contributed by atoms with Crippen LogP contribution in [0.25, 0.3) is 0 Å². The molecular weight excluding hydrogens is 439 g/mol. The van der Waals surface area contributed by atoms with Crippen LogP contribution >= 0.6 is 11.3 Å². The molecule has 1 aliphatic heterocycles. The molecule has 0 bridgehead atoms. The quantitative estimate of drug-likeness (QED) is 0.560. The first-order valence-electron chi connectivity index (χ1n) is 11.8. The van der Waals surface area contributed by atoms with Crippen molar-refractivity contribution >= 4 is 23.3 Å². The molecule has 3 amide bonds. The van der Waals surface area contributed by atoms with Gasteiger partial charge in [-0.1, -0.05) is 23.8 Å². The van der Waals surface area contributed by atoms with Gasteiger partial charge in [0.15, 0.2) is 0 Å². The third-order valence-electron chi connectivity index (χ3n) is 6.36. The van der Waals surface area contributed by atoms with Gasteiger partial charge in [0.25, 0.3) is 5.91 Å². The highest BCUT2D eigenvalue weighted by Gasteiger charge is 2.26. The maximum atomic E-state index is 13.0. The van der Waals surface area contributed by atoms with E-state index in [0.29, 0.717) is 31.9 Å². The van der Waals surface area contributed by atoms with Crippen molar-refractivity contribution in [3.05, 3.63) is 63.4 Å². The van der Waals surface area contributed by atoms with Crippen LogP contribution in [0.1, 0.15) is 71.9 Å². The Kier molecular flexibility index (Phi) is 8.10. The van der Waals surface area contributed by atoms with Gasteiger partial charge >= 0.3 is 6.03 Å². The second-order valence-corrected chi connectivity index (χ2v) is 9.62. The number of halogens is 1. The minimum Gasteiger partial charge on any atom is -0.347 e. The Bertz CT molecular complexity index is 981. The first-order chi connectivity index (χ1) is 16.1. The molecule has 2 heterocycles. The van der Waals surface area contributed by atoms with E-state index in [2.05, 4.69) is 21.7 Å². The van der Waals surface area contributed by atoms with Crippen LogP contribution in [-0.4, -0.2) is 41.5 Å². The van der Waals surface area contributed by atoms with Gasteiger partial charge in [0.1, 0.15) is 11.5 Å². The number of rotatable bonds is 7. The van der Waals surface area contributed by atoms with Crippen molar-refractivity contribution in [3.8, 4) is 0 Å². The summed E-state index contributed by atoms with van der Waals surface area (Å²) in [5.74, 6) is -0.258. The Morgan fingerprint density at radius 2 is 1.91 bits per heavy atom. The summed E-state index contributed by atoms with van der Waals surface area (Å²) in [4.78, 5) is 31.4. The number of urea groups is 1. The number of allylic oxidation sites excluding steroid dienone is 1. The maximum Gasteiger partial charge on any atom is 0.317 e. The molecule has 0 atom stereocenters. The van der Waals surface area contributed by atoms with Gasteiger partial charge in [0.05, 0.1) is 5.01 Å². The topological polar surface area (TPSA) is 74.3 Å². The zero-order valence-electron chi connectivity index (χ0n) is 18.8. The van der Waals surface area contributed by atoms with Gasteiger partial charge < -0.3 is 15.5 Å². The standard InChI is InChI=1S/C25H31FN4O2S/c26-21-8-6-19(7-9-21)16-28-23(31)22-17-33-24(29-22)20-11-14-30(15-12-20)25(32)27-13-10-18-4-2-1-3-5-18/h4,6-9,17,20H,1-3,5,10-16H2,(H,27,32)(H,28,31). The molecule has 1 aliphatic carbocycles. The lowest BCUT2D eigenvalue weighted by Gasteiger charge is -2.31. The van der Waals surface area contributed by atoms with E-state index in [-0.39, 0.29) is 23.7 Å². The van der Waals surface area contributed by atoms with E-state index in [1.807, 2.05) is 4.90 Å². The molecule has 0 unspecified atom stereocenters. The van der Waals surface area contributed by atoms with Crippen molar-refractivity contribution in [2.75, 3.05) is 19.6 Å². The first-order valence-corrected chi connectivity index (χ1v) is 12.6. The van der Waals surface area contributed by atoms with Crippen molar-refractivity contribution in [1.29, 1.82) is 0 Å². The molecule has 1 saturated heterocycles. The molecule has 2 N–H and O–H groups in total. The summed E-state index contributed by atoms with van der Waals surface area (Å²) in [5.41, 5.74) is 2.72. The van der Waals surface area contributed by atoms with Gasteiger partial charge in [0.2, 0.25) is 0 Å². The summed E-state index contributed by atoms with van der Waals surface area (Å²) < 4.78 is 13.0. The Morgan fingerprint density at radius 3 is 2.64 bits per heavy atom. The number of hydrogen-bond donors (Lipinski definition) is 2. The third kappa shape index (κ3) is 6.63. The highest BCUT2D eigenvalue weighted by atomic mass is 32.1. The van der Waals surface area contributed by atoms with Crippen LogP contribution in [0.5, 0.6) is 0 Å². The van der Waals surface area contributed by atoms with Crippen molar-refractivity contribution < 1.29 is 14.0 Å². The normalized spacial score (nSPS) is 16.9. The molecule has 0 radical (unpaired) electrons. The predicted molar refractivity (Wildman–Crippen MR) is 128 cm³/mol. The SMILES string of the molecule is O=C(NCc1ccc(F)cc1)c1csc(C2CCN(C(=O)NCCC3=CCCCC3)CC2)n1. The van der Waals surface area contributed by atoms with Gasteiger partial charge in [-0.05, 0) is 62.6 Å². The number of thiazole rings is 1. The fourth-order valence-corrected chi connectivity index (χ4v) is 5.33. The molecule has 176 valence electrons. The number of aromatic nitrogens is 1. The van der Waals surface area contributed by atoms with E-state index in [1.54, 1.807) is 17.5 Å². The number of nitrogens with one attached hydrogen (secondary N) is 2. The molecule has 2 aliphatic rings. The first kappa shape index (κ1) is 23.4. The van der Waals surface area contributed by atoms with Crippen LogP contribution in [0.4, 0.5) is 9.18 Å². The Morgan fingerprint density at radius 1 is 1.12 bits per heavy atom. The van der Waals surface area contributed by atoms with Crippen LogP contribution in [-0.2, 0) is 6.54 Å². The van der Waals surface area contributed by atoms with Crippen LogP contribution in [0.2, 0.25) is 0 Å². The second kappa shape index (κ2) is 11.4. The van der Waals surface area contributed by atoms with Gasteiger partial charge in [-0.15, -0.1) is 11.3 Å². The fourth-order valence-electron chi connectivity index (χ4n) is 4.36. The summed E-state index contributed by atoms with van der Waals surface area (Å²) in [6.45, 7) is 2.43. The van der Waals surface area contributed by atoms with Gasteiger partial charge in [-0.2, -0.15) is 0 Å². The largest absolute Gasteiger partial charge is 0.347 e.